The van der Waals surface area contributed by atoms with Gasteiger partial charge in [0.2, 0.25) is 0 Å². The normalized spacial score (nSPS) is 18.1. The summed E-state index contributed by atoms with van der Waals surface area (Å²) in [6.45, 7) is 31.4. The minimum Gasteiger partial charge on any atom is -0.355 e. The van der Waals surface area contributed by atoms with E-state index in [4.69, 9.17) is 0 Å². The summed E-state index contributed by atoms with van der Waals surface area (Å²) in [5.74, 6) is 0. The second kappa shape index (κ2) is 13.9. The van der Waals surface area contributed by atoms with Crippen molar-refractivity contribution in [2.75, 3.05) is 5.32 Å². The zero-order valence-corrected chi connectivity index (χ0v) is 44.8. The molecule has 2 nitrogen and oxygen atoms in total. The number of anilines is 2. The van der Waals surface area contributed by atoms with Crippen molar-refractivity contribution in [2.24, 2.45) is 0 Å². The van der Waals surface area contributed by atoms with Crippen molar-refractivity contribution in [3.63, 3.8) is 0 Å². The molecule has 0 saturated carbocycles. The Balaban J connectivity index is 1.06. The number of hydrogen-bond donors (Lipinski definition) is 1. The first kappa shape index (κ1) is 44.2. The highest BCUT2D eigenvalue weighted by molar-refractivity contribution is 6.73. The first-order valence-corrected chi connectivity index (χ1v) is 26.8. The van der Waals surface area contributed by atoms with Crippen molar-refractivity contribution in [1.82, 2.24) is 4.57 Å². The highest BCUT2D eigenvalue weighted by Gasteiger charge is 2.45. The van der Waals surface area contributed by atoms with E-state index in [1.165, 1.54) is 146 Å². The van der Waals surface area contributed by atoms with Gasteiger partial charge in [-0.1, -0.05) is 186 Å². The van der Waals surface area contributed by atoms with Crippen LogP contribution in [0.5, 0.6) is 0 Å². The van der Waals surface area contributed by atoms with Gasteiger partial charge >= 0.3 is 0 Å². The van der Waals surface area contributed by atoms with Crippen LogP contribution in [0.4, 0.5) is 11.4 Å². The molecule has 356 valence electrons. The van der Waals surface area contributed by atoms with E-state index in [2.05, 4.69) is 233 Å². The van der Waals surface area contributed by atoms with Gasteiger partial charge in [-0.2, -0.15) is 0 Å². The second-order valence-electron chi connectivity index (χ2n) is 26.5. The summed E-state index contributed by atoms with van der Waals surface area (Å²) in [5.41, 5.74) is 32.7. The second-order valence-corrected chi connectivity index (χ2v) is 26.5. The monoisotopic (exact) mass is 935 g/mol. The first-order chi connectivity index (χ1) is 34.1. The fraction of sp³-hybridized carbons (Fsp3) is 0.304. The predicted octanol–water partition coefficient (Wildman–Crippen LogP) is 16.5. The van der Waals surface area contributed by atoms with E-state index in [1.54, 1.807) is 0 Å². The number of nitrogens with one attached hydrogen (secondary N) is 1. The van der Waals surface area contributed by atoms with Gasteiger partial charge in [-0.05, 0) is 166 Å². The summed E-state index contributed by atoms with van der Waals surface area (Å²) in [4.78, 5) is 0. The van der Waals surface area contributed by atoms with Crippen LogP contribution in [0.25, 0.3) is 72.0 Å². The molecule has 0 amide bonds. The topological polar surface area (TPSA) is 17.0 Å². The van der Waals surface area contributed by atoms with E-state index in [9.17, 15) is 0 Å². The lowest BCUT2D eigenvalue weighted by Crippen LogP contribution is -2.37. The molecule has 2 heterocycles. The molecule has 0 saturated heterocycles. The molecule has 3 heteroatoms. The minimum atomic E-state index is -0.191. The van der Waals surface area contributed by atoms with E-state index < -0.39 is 0 Å². The molecule has 8 aromatic carbocycles. The first-order valence-electron chi connectivity index (χ1n) is 26.8. The number of fused-ring (bicyclic) bond motifs is 16. The Morgan fingerprint density at radius 2 is 1.04 bits per heavy atom. The molecular weight excluding hydrogens is 868 g/mol. The molecule has 0 atom stereocenters. The van der Waals surface area contributed by atoms with Crippen LogP contribution >= 0.6 is 0 Å². The average Bonchev–Trinajstić information content (AvgIpc) is 3.96. The summed E-state index contributed by atoms with van der Waals surface area (Å²) < 4.78 is 2.69. The third-order valence-electron chi connectivity index (χ3n) is 19.2. The highest BCUT2D eigenvalue weighted by Crippen LogP contribution is 2.58. The lowest BCUT2D eigenvalue weighted by Gasteiger charge is -2.42. The van der Waals surface area contributed by atoms with Crippen LogP contribution in [0.15, 0.2) is 133 Å². The van der Waals surface area contributed by atoms with E-state index >= 15 is 0 Å². The molecule has 0 fully saturated rings. The Morgan fingerprint density at radius 3 is 1.75 bits per heavy atom. The van der Waals surface area contributed by atoms with Gasteiger partial charge in [0.05, 0.1) is 5.52 Å². The third-order valence-corrected chi connectivity index (χ3v) is 19.2. The number of hydrogen-bond acceptors (Lipinski definition) is 1. The Kier molecular flexibility index (Phi) is 8.54. The number of nitrogens with zero attached hydrogens (tertiary/aromatic N) is 1. The number of aromatic nitrogens is 1. The summed E-state index contributed by atoms with van der Waals surface area (Å²) in [6, 6.07) is 52.9. The minimum absolute atomic E-state index is 0.0662. The molecule has 0 bridgehead atoms. The fourth-order valence-electron chi connectivity index (χ4n) is 14.8. The van der Waals surface area contributed by atoms with Crippen molar-refractivity contribution in [1.29, 1.82) is 0 Å². The van der Waals surface area contributed by atoms with E-state index in [1.807, 2.05) is 0 Å². The van der Waals surface area contributed by atoms with Crippen molar-refractivity contribution in [3.8, 4) is 50.2 Å². The van der Waals surface area contributed by atoms with Gasteiger partial charge in [0, 0.05) is 55.2 Å². The predicted molar refractivity (Wildman–Crippen MR) is 309 cm³/mol. The summed E-state index contributed by atoms with van der Waals surface area (Å²) in [5, 5.41) is 6.83. The van der Waals surface area contributed by atoms with Gasteiger partial charge in [0.25, 0.3) is 0 Å². The quantitative estimate of drug-likeness (QED) is 0.175. The zero-order valence-electron chi connectivity index (χ0n) is 44.8. The standard InChI is InChI=1S/C69H67BN2/c1-64(2,3)38-22-24-39(25-23-38)71-57-35-46-44-32-54-55(66(6,7)31-30-65(54,4)5)36-52(44)69(12,13)51(46)33-47(57)41-26-27-43-61-58(29-28-50-60(61)42-19-15-17-21-49(42)67(50,8)9)72-59-37-53-45(34-56(59)70-62(41)63(43)72)40-18-14-16-20-48(40)68(53,10)11/h14-29,32-37,70-71H,30-31H2,1-13H3. The molecular formula is C69H67BN2. The van der Waals surface area contributed by atoms with E-state index in [-0.39, 0.29) is 32.5 Å². The maximum atomic E-state index is 4.11. The summed E-state index contributed by atoms with van der Waals surface area (Å²) in [6.07, 6.45) is 2.40. The van der Waals surface area contributed by atoms with Crippen LogP contribution < -0.4 is 16.2 Å². The van der Waals surface area contributed by atoms with E-state index in [0.717, 1.165) is 18.7 Å². The largest absolute Gasteiger partial charge is 0.355 e. The highest BCUT2D eigenvalue weighted by atomic mass is 15.0. The van der Waals surface area contributed by atoms with Crippen LogP contribution in [0.3, 0.4) is 0 Å². The Morgan fingerprint density at radius 1 is 0.472 bits per heavy atom. The van der Waals surface area contributed by atoms with Gasteiger partial charge in [-0.15, -0.1) is 0 Å². The summed E-state index contributed by atoms with van der Waals surface area (Å²) in [7, 11) is 0.843. The van der Waals surface area contributed by atoms with E-state index in [0.29, 0.717) is 0 Å². The number of rotatable bonds is 3. The summed E-state index contributed by atoms with van der Waals surface area (Å²) >= 11 is 0. The molecule has 0 unspecified atom stereocenters. The molecule has 5 aliphatic rings. The van der Waals surface area contributed by atoms with Crippen LogP contribution in [0.1, 0.15) is 153 Å². The van der Waals surface area contributed by atoms with Gasteiger partial charge < -0.3 is 9.88 Å². The molecule has 1 aromatic heterocycles. The van der Waals surface area contributed by atoms with Crippen LogP contribution in [0.2, 0.25) is 0 Å². The van der Waals surface area contributed by atoms with Gasteiger partial charge in [0.1, 0.15) is 0 Å². The Labute approximate surface area is 428 Å². The van der Waals surface area contributed by atoms with Crippen molar-refractivity contribution < 1.29 is 0 Å². The van der Waals surface area contributed by atoms with Gasteiger partial charge in [0.15, 0.2) is 7.28 Å². The maximum Gasteiger partial charge on any atom is 0.198 e. The van der Waals surface area contributed by atoms with Crippen molar-refractivity contribution in [3.05, 3.63) is 184 Å². The van der Waals surface area contributed by atoms with Crippen LogP contribution in [-0.2, 0) is 32.5 Å². The van der Waals surface area contributed by atoms with Crippen LogP contribution in [0, 0.1) is 0 Å². The molecule has 1 aliphatic heterocycles. The Hall–Kier alpha value is -6.58. The molecule has 1 N–H and O–H groups in total. The average molecular weight is 935 g/mol. The van der Waals surface area contributed by atoms with Gasteiger partial charge in [-0.25, -0.2) is 0 Å². The molecule has 9 aromatic rings. The molecule has 72 heavy (non-hydrogen) atoms. The lowest BCUT2D eigenvalue weighted by molar-refractivity contribution is 0.331. The molecule has 0 radical (unpaired) electrons. The number of benzene rings is 8. The van der Waals surface area contributed by atoms with Crippen molar-refractivity contribution in [2.45, 2.75) is 135 Å². The van der Waals surface area contributed by atoms with Crippen LogP contribution in [-0.4, -0.2) is 11.8 Å². The molecule has 0 spiro atoms. The molecule has 14 rings (SSSR count). The third kappa shape index (κ3) is 5.69. The zero-order chi connectivity index (χ0) is 50.0. The maximum absolute atomic E-state index is 4.11. The van der Waals surface area contributed by atoms with Gasteiger partial charge in [-0.3, -0.25) is 0 Å². The SMILES string of the molecule is CC(C)(C)c1ccc(Nc2cc3c(cc2-c2ccc4c5c6c(ccc5n5c4c2Bc2cc4c(cc2-5)C(C)(C)c2ccccc2-4)C(C)(C)c2ccccc2-6)C(C)(C)c2cc4c(cc2-3)C(C)(C)CCC4(C)C)cc1. The van der Waals surface area contributed by atoms with Crippen molar-refractivity contribution >= 4 is 51.4 Å². The lowest BCUT2D eigenvalue weighted by atomic mass is 9.58. The fourth-order valence-corrected chi connectivity index (χ4v) is 14.8. The Bertz CT molecular complexity index is 3910. The molecule has 4 aliphatic carbocycles. The smallest absolute Gasteiger partial charge is 0.198 e.